The molecule has 0 saturated carbocycles. The molecular formula is C29H23F2N3O. The van der Waals surface area contributed by atoms with Crippen LogP contribution in [0.2, 0.25) is 0 Å². The Hall–Kier alpha value is -4.21. The van der Waals surface area contributed by atoms with Gasteiger partial charge in [-0.15, -0.1) is 0 Å². The molecule has 5 rings (SSSR count). The summed E-state index contributed by atoms with van der Waals surface area (Å²) in [6.45, 7) is 1.70. The molecule has 2 N–H and O–H groups in total. The molecule has 174 valence electrons. The summed E-state index contributed by atoms with van der Waals surface area (Å²) < 4.78 is 34.1. The summed E-state index contributed by atoms with van der Waals surface area (Å²) in [4.78, 5) is 2.23. The van der Waals surface area contributed by atoms with Crippen molar-refractivity contribution in [3.63, 3.8) is 0 Å². The molecule has 35 heavy (non-hydrogen) atoms. The van der Waals surface area contributed by atoms with Gasteiger partial charge in [-0.3, -0.25) is 4.90 Å². The summed E-state index contributed by atoms with van der Waals surface area (Å²) in [5.41, 5.74) is 10.6. The van der Waals surface area contributed by atoms with Gasteiger partial charge in [0, 0.05) is 25.2 Å². The molecule has 0 bridgehead atoms. The van der Waals surface area contributed by atoms with E-state index in [1.165, 1.54) is 24.3 Å². The molecule has 4 nitrogen and oxygen atoms in total. The molecule has 3 aromatic carbocycles. The van der Waals surface area contributed by atoms with Crippen LogP contribution in [0, 0.1) is 23.0 Å². The number of rotatable bonds is 4. The minimum absolute atomic E-state index is 0.00200. The molecule has 3 aromatic rings. The summed E-state index contributed by atoms with van der Waals surface area (Å²) >= 11 is 0. The van der Waals surface area contributed by atoms with Gasteiger partial charge in [0.25, 0.3) is 0 Å². The second-order valence-corrected chi connectivity index (χ2v) is 8.69. The molecule has 0 amide bonds. The van der Waals surface area contributed by atoms with Crippen molar-refractivity contribution < 1.29 is 13.5 Å². The van der Waals surface area contributed by atoms with E-state index in [9.17, 15) is 14.0 Å². The highest BCUT2D eigenvalue weighted by Gasteiger charge is 2.37. The first kappa shape index (κ1) is 22.6. The SMILES string of the molecule is N#CC1=C(N)OC2=C(CN(Cc3ccccc3)C/C2=C\c2cccc(F)c2)[C@H]1c1cccc(F)c1. The molecule has 0 radical (unpaired) electrons. The maximum Gasteiger partial charge on any atom is 0.205 e. The standard InChI is InChI=1S/C29H23F2N3O/c30-23-10-4-8-20(13-23)12-22-17-34(16-19-6-2-1-3-7-19)18-26-27(21-9-5-11-24(31)14-21)25(15-32)29(33)35-28(22)26/h1-14,27H,16-18,33H2/b22-12+/t27-/m0/s1. The third-order valence-corrected chi connectivity index (χ3v) is 6.23. The molecule has 0 unspecified atom stereocenters. The van der Waals surface area contributed by atoms with Crippen LogP contribution in [0.3, 0.4) is 0 Å². The molecular weight excluding hydrogens is 444 g/mol. The van der Waals surface area contributed by atoms with Gasteiger partial charge in [0.1, 0.15) is 29.0 Å². The van der Waals surface area contributed by atoms with E-state index < -0.39 is 5.92 Å². The lowest BCUT2D eigenvalue weighted by Crippen LogP contribution is -2.37. The fourth-order valence-corrected chi connectivity index (χ4v) is 4.76. The molecule has 0 saturated heterocycles. The lowest BCUT2D eigenvalue weighted by molar-refractivity contribution is 0.230. The van der Waals surface area contributed by atoms with Gasteiger partial charge in [0.2, 0.25) is 5.88 Å². The minimum atomic E-state index is -0.547. The van der Waals surface area contributed by atoms with Gasteiger partial charge in [-0.25, -0.2) is 8.78 Å². The van der Waals surface area contributed by atoms with E-state index in [1.807, 2.05) is 30.3 Å². The van der Waals surface area contributed by atoms with Gasteiger partial charge in [0.05, 0.1) is 5.92 Å². The molecule has 0 aliphatic carbocycles. The van der Waals surface area contributed by atoms with Gasteiger partial charge < -0.3 is 10.5 Å². The summed E-state index contributed by atoms with van der Waals surface area (Å²) in [6, 6.07) is 24.8. The predicted octanol–water partition coefficient (Wildman–Crippen LogP) is 5.63. The quantitative estimate of drug-likeness (QED) is 0.541. The maximum atomic E-state index is 14.2. The van der Waals surface area contributed by atoms with E-state index in [4.69, 9.17) is 10.5 Å². The Morgan fingerprint density at radius 1 is 0.971 bits per heavy atom. The Labute approximate surface area is 202 Å². The Morgan fingerprint density at radius 3 is 2.43 bits per heavy atom. The average Bonchev–Trinajstić information content (AvgIpc) is 2.84. The van der Waals surface area contributed by atoms with Crippen LogP contribution < -0.4 is 5.73 Å². The Balaban J connectivity index is 1.64. The number of benzene rings is 3. The third kappa shape index (κ3) is 4.72. The molecule has 6 heteroatoms. The first-order valence-corrected chi connectivity index (χ1v) is 11.3. The van der Waals surface area contributed by atoms with Crippen molar-refractivity contribution in [3.8, 4) is 6.07 Å². The highest BCUT2D eigenvalue weighted by molar-refractivity contribution is 5.63. The number of nitrogens with two attached hydrogens (primary N) is 1. The van der Waals surface area contributed by atoms with Crippen LogP contribution >= 0.6 is 0 Å². The normalized spacial score (nSPS) is 19.3. The summed E-state index contributed by atoms with van der Waals surface area (Å²) in [6.07, 6.45) is 1.88. The zero-order valence-electron chi connectivity index (χ0n) is 18.9. The number of ether oxygens (including phenoxy) is 1. The van der Waals surface area contributed by atoms with Gasteiger partial charge >= 0.3 is 0 Å². The van der Waals surface area contributed by atoms with Crippen molar-refractivity contribution in [2.45, 2.75) is 12.5 Å². The zero-order valence-corrected chi connectivity index (χ0v) is 18.9. The van der Waals surface area contributed by atoms with Gasteiger partial charge in [-0.05, 0) is 52.6 Å². The zero-order chi connectivity index (χ0) is 24.4. The second kappa shape index (κ2) is 9.57. The molecule has 2 aliphatic heterocycles. The van der Waals surface area contributed by atoms with Crippen molar-refractivity contribution in [1.82, 2.24) is 4.90 Å². The van der Waals surface area contributed by atoms with Crippen molar-refractivity contribution in [3.05, 3.63) is 136 Å². The van der Waals surface area contributed by atoms with Crippen molar-refractivity contribution in [1.29, 1.82) is 5.26 Å². The largest absolute Gasteiger partial charge is 0.440 e. The summed E-state index contributed by atoms with van der Waals surface area (Å²) in [7, 11) is 0. The maximum absolute atomic E-state index is 14.2. The highest BCUT2D eigenvalue weighted by Crippen LogP contribution is 2.44. The molecule has 0 spiro atoms. The third-order valence-electron chi connectivity index (χ3n) is 6.23. The van der Waals surface area contributed by atoms with E-state index in [-0.39, 0.29) is 23.1 Å². The van der Waals surface area contributed by atoms with E-state index in [2.05, 4.69) is 23.1 Å². The lowest BCUT2D eigenvalue weighted by Gasteiger charge is -2.38. The van der Waals surface area contributed by atoms with Crippen LogP contribution in [0.5, 0.6) is 0 Å². The Morgan fingerprint density at radius 2 is 1.71 bits per heavy atom. The lowest BCUT2D eigenvalue weighted by atomic mass is 9.80. The predicted molar refractivity (Wildman–Crippen MR) is 130 cm³/mol. The topological polar surface area (TPSA) is 62.3 Å². The number of hydrogen-bond acceptors (Lipinski definition) is 4. The Bertz CT molecular complexity index is 1400. The van der Waals surface area contributed by atoms with Gasteiger partial charge in [-0.1, -0.05) is 54.6 Å². The fourth-order valence-electron chi connectivity index (χ4n) is 4.76. The van der Waals surface area contributed by atoms with Crippen LogP contribution in [0.4, 0.5) is 8.78 Å². The minimum Gasteiger partial charge on any atom is -0.440 e. The van der Waals surface area contributed by atoms with Crippen LogP contribution in [-0.2, 0) is 11.3 Å². The van der Waals surface area contributed by atoms with Crippen LogP contribution in [0.15, 0.2) is 107 Å². The van der Waals surface area contributed by atoms with Crippen LogP contribution in [0.25, 0.3) is 6.08 Å². The molecule has 1 atom stereocenters. The summed E-state index contributed by atoms with van der Waals surface area (Å²) in [5.74, 6) is -0.709. The molecule has 2 aliphatic rings. The Kier molecular flexibility index (Phi) is 6.17. The number of hydrogen-bond donors (Lipinski definition) is 1. The van der Waals surface area contributed by atoms with E-state index in [0.717, 1.165) is 16.7 Å². The highest BCUT2D eigenvalue weighted by atomic mass is 19.1. The van der Waals surface area contributed by atoms with Crippen molar-refractivity contribution in [2.75, 3.05) is 13.1 Å². The first-order chi connectivity index (χ1) is 17.0. The monoisotopic (exact) mass is 467 g/mol. The van der Waals surface area contributed by atoms with Crippen LogP contribution in [-0.4, -0.2) is 18.0 Å². The number of nitriles is 1. The first-order valence-electron chi connectivity index (χ1n) is 11.3. The van der Waals surface area contributed by atoms with E-state index in [1.54, 1.807) is 18.2 Å². The number of allylic oxidation sites excluding steroid dienone is 1. The van der Waals surface area contributed by atoms with Crippen LogP contribution in [0.1, 0.15) is 22.6 Å². The van der Waals surface area contributed by atoms with E-state index in [0.29, 0.717) is 36.5 Å². The number of nitrogens with zero attached hydrogens (tertiary/aromatic N) is 2. The van der Waals surface area contributed by atoms with Crippen molar-refractivity contribution >= 4 is 6.08 Å². The van der Waals surface area contributed by atoms with Crippen molar-refractivity contribution in [2.24, 2.45) is 5.73 Å². The van der Waals surface area contributed by atoms with Gasteiger partial charge in [-0.2, -0.15) is 5.26 Å². The summed E-state index contributed by atoms with van der Waals surface area (Å²) in [5, 5.41) is 9.93. The average molecular weight is 468 g/mol. The van der Waals surface area contributed by atoms with Gasteiger partial charge in [0.15, 0.2) is 0 Å². The smallest absolute Gasteiger partial charge is 0.205 e. The number of halogens is 2. The molecule has 0 aromatic heterocycles. The fraction of sp³-hybridized carbons (Fsp3) is 0.138. The molecule has 0 fully saturated rings. The van der Waals surface area contributed by atoms with E-state index >= 15 is 0 Å². The molecule has 2 heterocycles. The second-order valence-electron chi connectivity index (χ2n) is 8.69.